The lowest BCUT2D eigenvalue weighted by Gasteiger charge is -2.23. The first kappa shape index (κ1) is 19.5. The molecule has 2 aromatic carbocycles. The number of alkyl halides is 3. The Labute approximate surface area is 176 Å². The first-order valence-electron chi connectivity index (χ1n) is 10.1. The maximum Gasteiger partial charge on any atom is 0.433 e. The molecule has 0 saturated heterocycles. The average Bonchev–Trinajstić information content (AvgIpc) is 3.16. The summed E-state index contributed by atoms with van der Waals surface area (Å²) in [6.45, 7) is 1.71. The van der Waals surface area contributed by atoms with E-state index < -0.39 is 11.9 Å². The molecule has 1 aliphatic carbocycles. The van der Waals surface area contributed by atoms with E-state index in [1.54, 1.807) is 25.1 Å². The molecular formula is C23H20F3N5. The monoisotopic (exact) mass is 423 g/mol. The molecule has 31 heavy (non-hydrogen) atoms. The van der Waals surface area contributed by atoms with Gasteiger partial charge in [-0.05, 0) is 68.0 Å². The lowest BCUT2D eigenvalue weighted by atomic mass is 9.84. The number of H-pyrrole nitrogens is 1. The van der Waals surface area contributed by atoms with Crippen molar-refractivity contribution in [2.45, 2.75) is 38.8 Å². The van der Waals surface area contributed by atoms with Crippen molar-refractivity contribution in [2.24, 2.45) is 0 Å². The van der Waals surface area contributed by atoms with Crippen molar-refractivity contribution in [3.05, 3.63) is 52.7 Å². The first-order chi connectivity index (χ1) is 14.8. The largest absolute Gasteiger partial charge is 0.433 e. The zero-order valence-corrected chi connectivity index (χ0v) is 16.8. The van der Waals surface area contributed by atoms with Gasteiger partial charge in [0, 0.05) is 33.3 Å². The summed E-state index contributed by atoms with van der Waals surface area (Å²) < 4.78 is 40.2. The molecule has 0 amide bonds. The summed E-state index contributed by atoms with van der Waals surface area (Å²) in [5.74, 6) is 0. The Morgan fingerprint density at radius 1 is 1.06 bits per heavy atom. The third kappa shape index (κ3) is 3.05. The van der Waals surface area contributed by atoms with Crippen molar-refractivity contribution in [3.8, 4) is 11.3 Å². The van der Waals surface area contributed by atoms with Crippen LogP contribution in [0, 0.1) is 5.41 Å². The number of nitrogens with two attached hydrogens (primary N) is 1. The molecule has 0 aliphatic heterocycles. The average molecular weight is 423 g/mol. The van der Waals surface area contributed by atoms with Crippen LogP contribution in [0.4, 0.5) is 18.9 Å². The molecule has 2 heterocycles. The van der Waals surface area contributed by atoms with Gasteiger partial charge < -0.3 is 11.1 Å². The van der Waals surface area contributed by atoms with Gasteiger partial charge in [-0.1, -0.05) is 6.07 Å². The van der Waals surface area contributed by atoms with Gasteiger partial charge in [-0.2, -0.15) is 18.3 Å². The van der Waals surface area contributed by atoms with Gasteiger partial charge in [0.15, 0.2) is 0 Å². The lowest BCUT2D eigenvalue weighted by Crippen LogP contribution is -2.11. The summed E-state index contributed by atoms with van der Waals surface area (Å²) in [5.41, 5.74) is 11.4. The molecular weight excluding hydrogens is 403 g/mol. The minimum atomic E-state index is -4.52. The van der Waals surface area contributed by atoms with Crippen LogP contribution in [0.3, 0.4) is 0 Å². The molecule has 0 atom stereocenters. The van der Waals surface area contributed by atoms with E-state index in [-0.39, 0.29) is 10.9 Å². The lowest BCUT2D eigenvalue weighted by molar-refractivity contribution is -0.139. The smallest absolute Gasteiger partial charge is 0.398 e. The predicted octanol–water partition coefficient (Wildman–Crippen LogP) is 5.65. The topological polar surface area (TPSA) is 91.4 Å². The number of benzene rings is 2. The number of aryl methyl sites for hydroxylation is 1. The third-order valence-electron chi connectivity index (χ3n) is 5.99. The first-order valence-corrected chi connectivity index (χ1v) is 10.1. The highest BCUT2D eigenvalue weighted by Gasteiger charge is 2.35. The van der Waals surface area contributed by atoms with Gasteiger partial charge in [-0.3, -0.25) is 5.10 Å². The molecule has 5 nitrogen and oxygen atoms in total. The summed E-state index contributed by atoms with van der Waals surface area (Å²) in [7, 11) is 0. The fourth-order valence-corrected chi connectivity index (χ4v) is 4.65. The second-order valence-electron chi connectivity index (χ2n) is 8.00. The van der Waals surface area contributed by atoms with Gasteiger partial charge in [0.25, 0.3) is 0 Å². The van der Waals surface area contributed by atoms with Gasteiger partial charge in [0.2, 0.25) is 0 Å². The predicted molar refractivity (Wildman–Crippen MR) is 115 cm³/mol. The summed E-state index contributed by atoms with van der Waals surface area (Å²) in [5, 5.41) is 15.1. The van der Waals surface area contributed by atoms with E-state index in [4.69, 9.17) is 16.1 Å². The van der Waals surface area contributed by atoms with Crippen molar-refractivity contribution < 1.29 is 13.2 Å². The molecule has 1 aliphatic rings. The van der Waals surface area contributed by atoms with Crippen LogP contribution in [-0.4, -0.2) is 20.9 Å². The van der Waals surface area contributed by atoms with Crippen molar-refractivity contribution in [3.63, 3.8) is 0 Å². The Hall–Kier alpha value is -3.42. The molecule has 0 unspecified atom stereocenters. The van der Waals surface area contributed by atoms with Crippen molar-refractivity contribution >= 4 is 33.2 Å². The number of hydrogen-bond acceptors (Lipinski definition) is 4. The zero-order chi connectivity index (χ0) is 21.9. The van der Waals surface area contributed by atoms with Crippen LogP contribution >= 0.6 is 0 Å². The van der Waals surface area contributed by atoms with E-state index in [1.165, 1.54) is 6.07 Å². The normalized spacial score (nSPS) is 14.2. The van der Waals surface area contributed by atoms with Crippen LogP contribution in [0.15, 0.2) is 30.3 Å². The summed E-state index contributed by atoms with van der Waals surface area (Å²) in [6, 6.07) is 8.45. The molecule has 158 valence electrons. The summed E-state index contributed by atoms with van der Waals surface area (Å²) in [4.78, 5) is 4.86. The number of nitrogens with zero attached hydrogens (tertiary/aromatic N) is 2. The molecule has 0 fully saturated rings. The fourth-order valence-electron chi connectivity index (χ4n) is 4.65. The van der Waals surface area contributed by atoms with Gasteiger partial charge in [-0.15, -0.1) is 0 Å². The maximum absolute atomic E-state index is 13.4. The number of aromatic nitrogens is 3. The van der Waals surface area contributed by atoms with E-state index in [0.717, 1.165) is 42.2 Å². The van der Waals surface area contributed by atoms with Crippen LogP contribution in [0.5, 0.6) is 0 Å². The van der Waals surface area contributed by atoms with Crippen LogP contribution in [0.25, 0.3) is 33.1 Å². The molecule has 0 spiro atoms. The number of pyridine rings is 1. The second-order valence-corrected chi connectivity index (χ2v) is 8.00. The number of anilines is 1. The minimum Gasteiger partial charge on any atom is -0.398 e. The van der Waals surface area contributed by atoms with E-state index in [9.17, 15) is 13.2 Å². The molecule has 2 aromatic heterocycles. The van der Waals surface area contributed by atoms with Crippen molar-refractivity contribution in [1.29, 1.82) is 5.41 Å². The van der Waals surface area contributed by atoms with Gasteiger partial charge >= 0.3 is 6.18 Å². The quantitative estimate of drug-likeness (QED) is 0.288. The number of halogens is 3. The Morgan fingerprint density at radius 3 is 2.48 bits per heavy atom. The number of fused-ring (bicyclic) bond motifs is 4. The summed E-state index contributed by atoms with van der Waals surface area (Å²) >= 11 is 0. The highest BCUT2D eigenvalue weighted by atomic mass is 19.4. The fraction of sp³-hybridized carbons (Fsp3) is 0.261. The molecule has 4 aromatic rings. The number of rotatable bonds is 2. The van der Waals surface area contributed by atoms with Crippen molar-refractivity contribution in [1.82, 2.24) is 15.2 Å². The highest BCUT2D eigenvalue weighted by Crippen LogP contribution is 2.40. The molecule has 0 saturated carbocycles. The molecule has 5 rings (SSSR count). The summed E-state index contributed by atoms with van der Waals surface area (Å²) in [6.07, 6.45) is -0.912. The highest BCUT2D eigenvalue weighted by molar-refractivity contribution is 6.13. The van der Waals surface area contributed by atoms with Crippen LogP contribution in [0.2, 0.25) is 0 Å². The Kier molecular flexibility index (Phi) is 4.28. The Bertz CT molecular complexity index is 1370. The van der Waals surface area contributed by atoms with Gasteiger partial charge in [-0.25, -0.2) is 4.98 Å². The van der Waals surface area contributed by atoms with Crippen LogP contribution < -0.4 is 5.73 Å². The number of hydrogen-bond donors (Lipinski definition) is 3. The standard InChI is InChI=1S/C23H20F3N5/c1-11(27)19-16(28)7-9-18-20(19)13-4-2-3-5-14(13)21(29-18)12-6-8-17-15(10-12)22(31-30-17)23(24,25)26/h6-10,27H,2-5,28H2,1H3,(H,30,31). The molecule has 0 bridgehead atoms. The Morgan fingerprint density at radius 2 is 1.77 bits per heavy atom. The number of nitrogens with one attached hydrogen (secondary N) is 2. The van der Waals surface area contributed by atoms with Crippen LogP contribution in [0.1, 0.15) is 42.1 Å². The third-order valence-corrected chi connectivity index (χ3v) is 5.99. The van der Waals surface area contributed by atoms with E-state index in [1.807, 2.05) is 6.07 Å². The van der Waals surface area contributed by atoms with E-state index >= 15 is 0 Å². The van der Waals surface area contributed by atoms with Crippen LogP contribution in [-0.2, 0) is 19.0 Å². The van der Waals surface area contributed by atoms with Gasteiger partial charge in [0.05, 0.1) is 16.7 Å². The van der Waals surface area contributed by atoms with E-state index in [0.29, 0.717) is 33.7 Å². The SMILES string of the molecule is CC(=N)c1c(N)ccc2nc(-c3ccc4n[nH]c(C(F)(F)F)c4c3)c3c(c12)CCCC3. The molecule has 0 radical (unpaired) electrons. The number of nitrogen functional groups attached to an aromatic ring is 1. The maximum atomic E-state index is 13.4. The number of aromatic amines is 1. The van der Waals surface area contributed by atoms with E-state index in [2.05, 4.69) is 10.2 Å². The zero-order valence-electron chi connectivity index (χ0n) is 16.8. The Balaban J connectivity index is 1.82. The second kappa shape index (κ2) is 6.80. The van der Waals surface area contributed by atoms with Crippen molar-refractivity contribution in [2.75, 3.05) is 5.73 Å². The minimum absolute atomic E-state index is 0.0322. The molecule has 4 N–H and O–H groups in total. The van der Waals surface area contributed by atoms with Gasteiger partial charge in [0.1, 0.15) is 5.69 Å². The molecule has 8 heteroatoms.